The highest BCUT2D eigenvalue weighted by molar-refractivity contribution is 7.90. The van der Waals surface area contributed by atoms with E-state index in [0.717, 1.165) is 6.26 Å². The van der Waals surface area contributed by atoms with E-state index in [1.807, 2.05) is 0 Å². The number of halogens is 1. The lowest BCUT2D eigenvalue weighted by Crippen LogP contribution is -2.14. The summed E-state index contributed by atoms with van der Waals surface area (Å²) in [6, 6.07) is 11.7. The molecular weight excluding hydrogens is 340 g/mol. The molecule has 0 spiro atoms. The van der Waals surface area contributed by atoms with Crippen LogP contribution in [0, 0.1) is 0 Å². The van der Waals surface area contributed by atoms with Crippen LogP contribution in [0.3, 0.4) is 0 Å². The normalized spacial score (nSPS) is 11.0. The van der Waals surface area contributed by atoms with E-state index < -0.39 is 28.2 Å². The van der Waals surface area contributed by atoms with Gasteiger partial charge in [-0.05, 0) is 30.3 Å². The van der Waals surface area contributed by atoms with Crippen molar-refractivity contribution in [3.63, 3.8) is 0 Å². The quantitative estimate of drug-likeness (QED) is 0.610. The fourth-order valence-electron chi connectivity index (χ4n) is 1.81. The summed E-state index contributed by atoms with van der Waals surface area (Å²) in [5.41, 5.74) is 0.391. The maximum atomic E-state index is 11.9. The van der Waals surface area contributed by atoms with Gasteiger partial charge in [-0.3, -0.25) is 4.79 Å². The highest BCUT2D eigenvalue weighted by Gasteiger charge is 2.15. The lowest BCUT2D eigenvalue weighted by molar-refractivity contribution is 0.0474. The Morgan fingerprint density at radius 3 is 2.35 bits per heavy atom. The molecule has 0 fully saturated rings. The smallest absolute Gasteiger partial charge is 0.338 e. The SMILES string of the molecule is CS(=O)(=O)c1cccc(C(=O)OCC(=O)c2cccc(Cl)c2)c1. The first-order chi connectivity index (χ1) is 10.8. The molecule has 2 aromatic rings. The number of esters is 1. The number of rotatable bonds is 5. The van der Waals surface area contributed by atoms with Gasteiger partial charge in [0.05, 0.1) is 10.5 Å². The van der Waals surface area contributed by atoms with Crippen molar-refractivity contribution in [1.82, 2.24) is 0 Å². The topological polar surface area (TPSA) is 77.5 Å². The van der Waals surface area contributed by atoms with Gasteiger partial charge < -0.3 is 4.74 Å². The van der Waals surface area contributed by atoms with Crippen molar-refractivity contribution < 1.29 is 22.7 Å². The molecule has 0 saturated carbocycles. The van der Waals surface area contributed by atoms with Gasteiger partial charge in [-0.2, -0.15) is 0 Å². The molecule has 0 bridgehead atoms. The molecule has 7 heteroatoms. The largest absolute Gasteiger partial charge is 0.454 e. The molecule has 0 aliphatic heterocycles. The van der Waals surface area contributed by atoms with Gasteiger partial charge in [0.1, 0.15) is 0 Å². The molecule has 0 saturated heterocycles. The van der Waals surface area contributed by atoms with Crippen LogP contribution in [0.15, 0.2) is 53.4 Å². The number of Topliss-reactive ketones (excluding diaryl/α,β-unsaturated/α-hetero) is 1. The zero-order chi connectivity index (χ0) is 17.0. The number of hydrogen-bond donors (Lipinski definition) is 0. The van der Waals surface area contributed by atoms with Gasteiger partial charge in [0.25, 0.3) is 0 Å². The van der Waals surface area contributed by atoms with E-state index in [9.17, 15) is 18.0 Å². The number of carbonyl (C=O) groups is 2. The molecule has 120 valence electrons. The van der Waals surface area contributed by atoms with Crippen LogP contribution in [0.1, 0.15) is 20.7 Å². The van der Waals surface area contributed by atoms with Crippen molar-refractivity contribution in [3.8, 4) is 0 Å². The molecular formula is C16H13ClO5S. The van der Waals surface area contributed by atoms with E-state index >= 15 is 0 Å². The summed E-state index contributed by atoms with van der Waals surface area (Å²) in [6.45, 7) is -0.456. The zero-order valence-electron chi connectivity index (χ0n) is 12.2. The fourth-order valence-corrected chi connectivity index (χ4v) is 2.67. The number of carbonyl (C=O) groups excluding carboxylic acids is 2. The van der Waals surface area contributed by atoms with Crippen molar-refractivity contribution in [2.45, 2.75) is 4.90 Å². The Balaban J connectivity index is 2.07. The molecule has 0 aromatic heterocycles. The van der Waals surface area contributed by atoms with Gasteiger partial charge in [0.2, 0.25) is 0 Å². The summed E-state index contributed by atoms with van der Waals surface area (Å²) in [6.07, 6.45) is 1.04. The first kappa shape index (κ1) is 17.2. The molecule has 2 aromatic carbocycles. The Kier molecular flexibility index (Phi) is 5.18. The molecule has 0 heterocycles. The highest BCUT2D eigenvalue weighted by Crippen LogP contribution is 2.14. The summed E-state index contributed by atoms with van der Waals surface area (Å²) < 4.78 is 27.9. The molecule has 5 nitrogen and oxygen atoms in total. The Labute approximate surface area is 138 Å². The maximum absolute atomic E-state index is 11.9. The van der Waals surface area contributed by atoms with E-state index in [1.54, 1.807) is 18.2 Å². The molecule has 0 aliphatic carbocycles. The van der Waals surface area contributed by atoms with Gasteiger partial charge in [0, 0.05) is 16.8 Å². The standard InChI is InChI=1S/C16H13ClO5S/c1-23(20,21)14-7-3-5-12(9-14)16(19)22-10-15(18)11-4-2-6-13(17)8-11/h2-9H,10H2,1H3. The molecule has 0 unspecified atom stereocenters. The van der Waals surface area contributed by atoms with Crippen molar-refractivity contribution in [2.24, 2.45) is 0 Å². The number of sulfone groups is 1. The van der Waals surface area contributed by atoms with E-state index in [2.05, 4.69) is 0 Å². The van der Waals surface area contributed by atoms with Crippen molar-refractivity contribution in [3.05, 3.63) is 64.7 Å². The third-order valence-corrected chi connectivity index (χ3v) is 4.32. The van der Waals surface area contributed by atoms with Crippen LogP contribution in [0.4, 0.5) is 0 Å². The number of benzene rings is 2. The first-order valence-corrected chi connectivity index (χ1v) is 8.80. The second-order valence-electron chi connectivity index (χ2n) is 4.81. The van der Waals surface area contributed by atoms with Gasteiger partial charge in [-0.1, -0.05) is 29.8 Å². The predicted molar refractivity (Wildman–Crippen MR) is 85.6 cm³/mol. The summed E-state index contributed by atoms with van der Waals surface area (Å²) in [7, 11) is -3.43. The molecule has 0 N–H and O–H groups in total. The average molecular weight is 353 g/mol. The molecule has 0 amide bonds. The molecule has 0 radical (unpaired) electrons. The summed E-state index contributed by atoms with van der Waals surface area (Å²) >= 11 is 5.79. The fraction of sp³-hybridized carbons (Fsp3) is 0.125. The van der Waals surface area contributed by atoms with Crippen LogP contribution in [0.5, 0.6) is 0 Å². The van der Waals surface area contributed by atoms with Crippen LogP contribution >= 0.6 is 11.6 Å². The van der Waals surface area contributed by atoms with Crippen LogP contribution in [0.25, 0.3) is 0 Å². The minimum absolute atomic E-state index is 0.00752. The third kappa shape index (κ3) is 4.64. The summed E-state index contributed by atoms with van der Waals surface area (Å²) in [5, 5.41) is 0.406. The number of ether oxygens (including phenoxy) is 1. The van der Waals surface area contributed by atoms with Gasteiger partial charge >= 0.3 is 5.97 Å². The van der Waals surface area contributed by atoms with Gasteiger partial charge in [-0.25, -0.2) is 13.2 Å². The van der Waals surface area contributed by atoms with E-state index in [0.29, 0.717) is 10.6 Å². The van der Waals surface area contributed by atoms with E-state index in [4.69, 9.17) is 16.3 Å². The second-order valence-corrected chi connectivity index (χ2v) is 7.26. The zero-order valence-corrected chi connectivity index (χ0v) is 13.7. The Hall–Kier alpha value is -2.18. The maximum Gasteiger partial charge on any atom is 0.338 e. The van der Waals surface area contributed by atoms with Crippen molar-refractivity contribution in [1.29, 1.82) is 0 Å². The van der Waals surface area contributed by atoms with Crippen LogP contribution in [-0.2, 0) is 14.6 Å². The Morgan fingerprint density at radius 1 is 1.04 bits per heavy atom. The van der Waals surface area contributed by atoms with Gasteiger partial charge in [0.15, 0.2) is 22.2 Å². The minimum atomic E-state index is -3.43. The number of ketones is 1. The van der Waals surface area contributed by atoms with Gasteiger partial charge in [-0.15, -0.1) is 0 Å². The third-order valence-electron chi connectivity index (χ3n) is 2.98. The monoisotopic (exact) mass is 352 g/mol. The molecule has 0 atom stereocenters. The van der Waals surface area contributed by atoms with Crippen molar-refractivity contribution in [2.75, 3.05) is 12.9 Å². The average Bonchev–Trinajstić information content (AvgIpc) is 2.51. The lowest BCUT2D eigenvalue weighted by Gasteiger charge is -2.06. The van der Waals surface area contributed by atoms with E-state index in [-0.39, 0.29) is 10.5 Å². The lowest BCUT2D eigenvalue weighted by atomic mass is 10.1. The highest BCUT2D eigenvalue weighted by atomic mass is 35.5. The van der Waals surface area contributed by atoms with Crippen LogP contribution in [-0.4, -0.2) is 33.0 Å². The second kappa shape index (κ2) is 6.93. The van der Waals surface area contributed by atoms with Crippen molar-refractivity contribution >= 4 is 33.2 Å². The minimum Gasteiger partial charge on any atom is -0.454 e. The first-order valence-electron chi connectivity index (χ1n) is 6.53. The molecule has 0 aliphatic rings. The Morgan fingerprint density at radius 2 is 1.70 bits per heavy atom. The van der Waals surface area contributed by atoms with E-state index in [1.165, 1.54) is 30.3 Å². The summed E-state index contributed by atoms with van der Waals surface area (Å²) in [4.78, 5) is 23.9. The van der Waals surface area contributed by atoms with Crippen LogP contribution in [0.2, 0.25) is 5.02 Å². The molecule has 2 rings (SSSR count). The summed E-state index contributed by atoms with van der Waals surface area (Å²) in [5.74, 6) is -1.18. The molecule has 23 heavy (non-hydrogen) atoms. The predicted octanol–water partition coefficient (Wildman–Crippen LogP) is 2.78. The Bertz CT molecular complexity index is 858. The van der Waals surface area contributed by atoms with Crippen LogP contribution < -0.4 is 0 Å². The number of hydrogen-bond acceptors (Lipinski definition) is 5.